The number of aromatic nitrogens is 2. The van der Waals surface area contributed by atoms with E-state index in [2.05, 4.69) is 15.3 Å². The van der Waals surface area contributed by atoms with Gasteiger partial charge in [0.2, 0.25) is 5.95 Å². The summed E-state index contributed by atoms with van der Waals surface area (Å²) in [5.41, 5.74) is 9.58. The summed E-state index contributed by atoms with van der Waals surface area (Å²) < 4.78 is 10.7. The summed E-state index contributed by atoms with van der Waals surface area (Å²) in [6.07, 6.45) is 0. The van der Waals surface area contributed by atoms with Gasteiger partial charge in [0.1, 0.15) is 5.82 Å². The molecule has 0 radical (unpaired) electrons. The van der Waals surface area contributed by atoms with Crippen LogP contribution in [0.15, 0.2) is 30.3 Å². The molecule has 1 aromatic heterocycles. The minimum atomic E-state index is -0.106. The third-order valence-corrected chi connectivity index (χ3v) is 4.78. The van der Waals surface area contributed by atoms with Crippen LogP contribution in [0.3, 0.4) is 0 Å². The predicted molar refractivity (Wildman–Crippen MR) is 119 cm³/mol. The lowest BCUT2D eigenvalue weighted by atomic mass is 10.1. The first kappa shape index (κ1) is 21.2. The molecule has 8 heteroatoms. The fourth-order valence-corrected chi connectivity index (χ4v) is 3.28. The number of likely N-dealkylation sites (N-methyl/N-ethyl adjacent to an activating group) is 1. The molecule has 0 saturated heterocycles. The van der Waals surface area contributed by atoms with Crippen molar-refractivity contribution in [3.8, 4) is 11.5 Å². The number of nitrogens with zero attached hydrogens (tertiary/aromatic N) is 3. The van der Waals surface area contributed by atoms with Crippen molar-refractivity contribution in [1.29, 1.82) is 0 Å². The van der Waals surface area contributed by atoms with Crippen LogP contribution < -0.4 is 25.4 Å². The molecule has 2 aromatic carbocycles. The van der Waals surface area contributed by atoms with Crippen LogP contribution in [-0.2, 0) is 0 Å². The van der Waals surface area contributed by atoms with Gasteiger partial charge in [0.25, 0.3) is 5.91 Å². The number of benzene rings is 2. The number of amides is 1. The molecule has 0 bridgehead atoms. The number of nitrogens with two attached hydrogens (primary N) is 1. The molecule has 0 spiro atoms. The molecule has 3 aromatic rings. The van der Waals surface area contributed by atoms with Crippen LogP contribution in [0.1, 0.15) is 21.5 Å². The quantitative estimate of drug-likeness (QED) is 0.618. The van der Waals surface area contributed by atoms with Crippen molar-refractivity contribution in [2.75, 3.05) is 45.0 Å². The highest BCUT2D eigenvalue weighted by atomic mass is 16.5. The molecule has 0 aliphatic carbocycles. The molecule has 0 aliphatic rings. The molecule has 0 atom stereocenters. The Labute approximate surface area is 176 Å². The van der Waals surface area contributed by atoms with Crippen LogP contribution in [0.5, 0.6) is 11.5 Å². The first-order valence-electron chi connectivity index (χ1n) is 9.59. The van der Waals surface area contributed by atoms with Gasteiger partial charge in [-0.15, -0.1) is 0 Å². The zero-order chi connectivity index (χ0) is 21.8. The monoisotopic (exact) mass is 409 g/mol. The number of carbonyl (C=O) groups excluding carboxylic acids is 1. The van der Waals surface area contributed by atoms with Crippen molar-refractivity contribution in [2.24, 2.45) is 0 Å². The highest BCUT2D eigenvalue weighted by Crippen LogP contribution is 2.33. The highest BCUT2D eigenvalue weighted by molar-refractivity contribution is 5.94. The number of hydrogen-bond acceptors (Lipinski definition) is 7. The van der Waals surface area contributed by atoms with Crippen molar-refractivity contribution < 1.29 is 14.3 Å². The van der Waals surface area contributed by atoms with Gasteiger partial charge in [-0.05, 0) is 32.0 Å². The number of fused-ring (bicyclic) bond motifs is 1. The van der Waals surface area contributed by atoms with Gasteiger partial charge in [0.05, 0.1) is 19.7 Å². The Morgan fingerprint density at radius 2 is 1.67 bits per heavy atom. The van der Waals surface area contributed by atoms with Crippen molar-refractivity contribution in [2.45, 2.75) is 13.8 Å². The molecule has 0 unspecified atom stereocenters. The number of nitrogens with one attached hydrogen (secondary N) is 1. The Morgan fingerprint density at radius 3 is 2.30 bits per heavy atom. The summed E-state index contributed by atoms with van der Waals surface area (Å²) in [5, 5.41) is 3.62. The van der Waals surface area contributed by atoms with E-state index in [4.69, 9.17) is 15.2 Å². The molecule has 8 nitrogen and oxygen atoms in total. The molecule has 1 amide bonds. The summed E-state index contributed by atoms with van der Waals surface area (Å²) in [5.74, 6) is 1.84. The number of ether oxygens (including phenoxy) is 2. The van der Waals surface area contributed by atoms with E-state index in [0.29, 0.717) is 52.8 Å². The van der Waals surface area contributed by atoms with Crippen molar-refractivity contribution in [3.05, 3.63) is 47.0 Å². The van der Waals surface area contributed by atoms with E-state index in [0.717, 1.165) is 11.1 Å². The smallest absolute Gasteiger partial charge is 0.251 e. The van der Waals surface area contributed by atoms with Crippen molar-refractivity contribution >= 4 is 28.6 Å². The van der Waals surface area contributed by atoms with E-state index in [9.17, 15) is 4.79 Å². The molecule has 0 saturated carbocycles. The van der Waals surface area contributed by atoms with Crippen molar-refractivity contribution in [1.82, 2.24) is 15.3 Å². The summed E-state index contributed by atoms with van der Waals surface area (Å²) in [4.78, 5) is 23.2. The number of rotatable bonds is 7. The standard InChI is InChI=1S/C22H27N5O3/c1-13-8-14(2)10-15(9-13)21(28)24-6-7-27(3)22-25-17-12-19(30-5)18(29-4)11-16(17)20(23)26-22/h8-12H,6-7H2,1-5H3,(H,24,28)(H2,23,25,26). The summed E-state index contributed by atoms with van der Waals surface area (Å²) >= 11 is 0. The molecule has 0 aliphatic heterocycles. The van der Waals surface area contributed by atoms with E-state index >= 15 is 0 Å². The Balaban J connectivity index is 1.71. The van der Waals surface area contributed by atoms with Crippen LogP contribution in [-0.4, -0.2) is 50.2 Å². The molecule has 1 heterocycles. The average Bonchev–Trinajstić information content (AvgIpc) is 2.71. The topological polar surface area (TPSA) is 103 Å². The molecule has 158 valence electrons. The second-order valence-electron chi connectivity index (χ2n) is 7.19. The summed E-state index contributed by atoms with van der Waals surface area (Å²) in [6, 6.07) is 9.32. The number of carbonyl (C=O) groups is 1. The minimum absolute atomic E-state index is 0.106. The second-order valence-corrected chi connectivity index (χ2v) is 7.19. The molecule has 0 fully saturated rings. The van der Waals surface area contributed by atoms with Gasteiger partial charge in [0.15, 0.2) is 11.5 Å². The lowest BCUT2D eigenvalue weighted by Crippen LogP contribution is -2.33. The first-order valence-corrected chi connectivity index (χ1v) is 9.59. The van der Waals surface area contributed by atoms with Crippen molar-refractivity contribution in [3.63, 3.8) is 0 Å². The van der Waals surface area contributed by atoms with Gasteiger partial charge in [-0.3, -0.25) is 4.79 Å². The number of methoxy groups -OCH3 is 2. The van der Waals surface area contributed by atoms with Gasteiger partial charge in [-0.2, -0.15) is 4.98 Å². The first-order chi connectivity index (χ1) is 14.3. The van der Waals surface area contributed by atoms with Gasteiger partial charge < -0.3 is 25.4 Å². The zero-order valence-electron chi connectivity index (χ0n) is 17.9. The molecular weight excluding hydrogens is 382 g/mol. The third-order valence-electron chi connectivity index (χ3n) is 4.78. The number of anilines is 2. The second kappa shape index (κ2) is 8.86. The lowest BCUT2D eigenvalue weighted by Gasteiger charge is -2.19. The number of aryl methyl sites for hydroxylation is 2. The maximum absolute atomic E-state index is 12.4. The maximum atomic E-state index is 12.4. The van der Waals surface area contributed by atoms with Crippen LogP contribution in [0.4, 0.5) is 11.8 Å². The van der Waals surface area contributed by atoms with Gasteiger partial charge in [0, 0.05) is 37.2 Å². The lowest BCUT2D eigenvalue weighted by molar-refractivity contribution is 0.0954. The van der Waals surface area contributed by atoms with E-state index < -0.39 is 0 Å². The minimum Gasteiger partial charge on any atom is -0.493 e. The third kappa shape index (κ3) is 4.53. The van der Waals surface area contributed by atoms with Crippen LogP contribution in [0.25, 0.3) is 10.9 Å². The average molecular weight is 409 g/mol. The Kier molecular flexibility index (Phi) is 6.25. The fourth-order valence-electron chi connectivity index (χ4n) is 3.28. The number of hydrogen-bond donors (Lipinski definition) is 2. The Bertz CT molecular complexity index is 1060. The Hall–Kier alpha value is -3.55. The van der Waals surface area contributed by atoms with E-state index in [1.54, 1.807) is 26.4 Å². The molecule has 3 rings (SSSR count). The fraction of sp³-hybridized carbons (Fsp3) is 0.318. The van der Waals surface area contributed by atoms with Gasteiger partial charge in [-0.1, -0.05) is 17.2 Å². The van der Waals surface area contributed by atoms with Crippen LogP contribution in [0, 0.1) is 13.8 Å². The van der Waals surface area contributed by atoms with Gasteiger partial charge in [-0.25, -0.2) is 4.98 Å². The Morgan fingerprint density at radius 1 is 1.03 bits per heavy atom. The van der Waals surface area contributed by atoms with E-state index in [1.165, 1.54) is 0 Å². The largest absolute Gasteiger partial charge is 0.493 e. The molecular formula is C22H27N5O3. The SMILES string of the molecule is COc1cc2nc(N(C)CCNC(=O)c3cc(C)cc(C)c3)nc(N)c2cc1OC. The highest BCUT2D eigenvalue weighted by Gasteiger charge is 2.14. The normalized spacial score (nSPS) is 10.7. The zero-order valence-corrected chi connectivity index (χ0v) is 17.9. The van der Waals surface area contributed by atoms with E-state index in [-0.39, 0.29) is 5.91 Å². The van der Waals surface area contributed by atoms with E-state index in [1.807, 2.05) is 44.0 Å². The summed E-state index contributed by atoms with van der Waals surface area (Å²) in [6.45, 7) is 4.91. The molecule has 3 N–H and O–H groups in total. The number of nitrogen functional groups attached to an aromatic ring is 1. The predicted octanol–water partition coefficient (Wildman–Crippen LogP) is 2.71. The maximum Gasteiger partial charge on any atom is 0.251 e. The van der Waals surface area contributed by atoms with Gasteiger partial charge >= 0.3 is 0 Å². The van der Waals surface area contributed by atoms with Crippen LogP contribution in [0.2, 0.25) is 0 Å². The summed E-state index contributed by atoms with van der Waals surface area (Å²) in [7, 11) is 4.99. The molecule has 30 heavy (non-hydrogen) atoms. The van der Waals surface area contributed by atoms with Crippen LogP contribution >= 0.6 is 0 Å².